The van der Waals surface area contributed by atoms with Crippen molar-refractivity contribution >= 4 is 19.9 Å². The molecule has 0 aliphatic rings. The maximum absolute atomic E-state index is 5.66. The van der Waals surface area contributed by atoms with E-state index >= 15 is 0 Å². The molecule has 0 radical (unpaired) electrons. The second-order valence-corrected chi connectivity index (χ2v) is 4.80. The molecule has 0 bridgehead atoms. The SMILES string of the molecule is C=C(C[SiH2]Cl)CC(C)C. The quantitative estimate of drug-likeness (QED) is 0.338. The molecule has 54 valence electrons. The minimum Gasteiger partial charge on any atom is -0.176 e. The lowest BCUT2D eigenvalue weighted by molar-refractivity contribution is 0.643. The molecule has 0 fully saturated rings. The van der Waals surface area contributed by atoms with E-state index in [-0.39, 0.29) is 8.83 Å². The van der Waals surface area contributed by atoms with Crippen molar-refractivity contribution < 1.29 is 0 Å². The first kappa shape index (κ1) is 9.25. The highest BCUT2D eigenvalue weighted by Crippen LogP contribution is 2.11. The van der Waals surface area contributed by atoms with Crippen LogP contribution in [0.2, 0.25) is 6.04 Å². The molecule has 0 unspecified atom stereocenters. The first-order valence-corrected chi connectivity index (χ1v) is 6.53. The zero-order valence-electron chi connectivity index (χ0n) is 6.28. The Morgan fingerprint density at radius 3 is 2.56 bits per heavy atom. The molecule has 0 aliphatic carbocycles. The van der Waals surface area contributed by atoms with Gasteiger partial charge >= 0.3 is 0 Å². The zero-order valence-corrected chi connectivity index (χ0v) is 8.45. The predicted molar refractivity (Wildman–Crippen MR) is 47.8 cm³/mol. The second kappa shape index (κ2) is 5.07. The molecule has 2 heteroatoms. The van der Waals surface area contributed by atoms with Gasteiger partial charge in [0.2, 0.25) is 0 Å². The van der Waals surface area contributed by atoms with Gasteiger partial charge in [0, 0.05) is 0 Å². The van der Waals surface area contributed by atoms with E-state index in [0.29, 0.717) is 0 Å². The van der Waals surface area contributed by atoms with E-state index in [1.807, 2.05) is 0 Å². The average molecular weight is 163 g/mol. The molecule has 0 atom stereocenters. The van der Waals surface area contributed by atoms with Crippen molar-refractivity contribution in [3.05, 3.63) is 12.2 Å². The predicted octanol–water partition coefficient (Wildman–Crippen LogP) is 2.33. The Balaban J connectivity index is 3.27. The summed E-state index contributed by atoms with van der Waals surface area (Å²) in [4.78, 5) is 0. The van der Waals surface area contributed by atoms with Gasteiger partial charge in [0.05, 0.1) is 0 Å². The molecule has 0 nitrogen and oxygen atoms in total. The van der Waals surface area contributed by atoms with E-state index in [1.165, 1.54) is 5.57 Å². The summed E-state index contributed by atoms with van der Waals surface area (Å²) in [7, 11) is -0.304. The van der Waals surface area contributed by atoms with Gasteiger partial charge in [-0.15, -0.1) is 6.58 Å². The summed E-state index contributed by atoms with van der Waals surface area (Å²) in [6.07, 6.45) is 1.15. The van der Waals surface area contributed by atoms with Crippen LogP contribution in [0.15, 0.2) is 12.2 Å². The van der Waals surface area contributed by atoms with Crippen LogP contribution in [0.4, 0.5) is 0 Å². The minimum atomic E-state index is -0.304. The first-order chi connectivity index (χ1) is 4.16. The first-order valence-electron chi connectivity index (χ1n) is 3.39. The van der Waals surface area contributed by atoms with Crippen molar-refractivity contribution in [2.24, 2.45) is 5.92 Å². The van der Waals surface area contributed by atoms with Gasteiger partial charge in [0.15, 0.2) is 0 Å². The van der Waals surface area contributed by atoms with E-state index in [4.69, 9.17) is 11.1 Å². The fourth-order valence-corrected chi connectivity index (χ4v) is 2.09. The van der Waals surface area contributed by atoms with E-state index in [2.05, 4.69) is 20.4 Å². The molecular weight excluding hydrogens is 148 g/mol. The van der Waals surface area contributed by atoms with Gasteiger partial charge < -0.3 is 0 Å². The van der Waals surface area contributed by atoms with Crippen molar-refractivity contribution in [3.8, 4) is 0 Å². The average Bonchev–Trinajstić information content (AvgIpc) is 1.63. The Hall–Kier alpha value is 0.247. The molecule has 0 saturated heterocycles. The van der Waals surface area contributed by atoms with Crippen LogP contribution in [-0.4, -0.2) is 8.83 Å². The highest BCUT2D eigenvalue weighted by atomic mass is 35.6. The lowest BCUT2D eigenvalue weighted by atomic mass is 10.1. The minimum absolute atomic E-state index is 0.304. The Bertz CT molecular complexity index is 88.9. The van der Waals surface area contributed by atoms with Gasteiger partial charge in [-0.25, -0.2) is 0 Å². The van der Waals surface area contributed by atoms with Crippen molar-refractivity contribution in [2.75, 3.05) is 0 Å². The van der Waals surface area contributed by atoms with Gasteiger partial charge in [0.25, 0.3) is 0 Å². The van der Waals surface area contributed by atoms with Gasteiger partial charge in [0.1, 0.15) is 8.83 Å². The van der Waals surface area contributed by atoms with Crippen molar-refractivity contribution in [2.45, 2.75) is 26.3 Å². The summed E-state index contributed by atoms with van der Waals surface area (Å²) < 4.78 is 0. The van der Waals surface area contributed by atoms with E-state index in [9.17, 15) is 0 Å². The fourth-order valence-electron chi connectivity index (χ4n) is 0.813. The molecule has 0 N–H and O–H groups in total. The molecule has 0 aliphatic heterocycles. The lowest BCUT2D eigenvalue weighted by Crippen LogP contribution is -1.91. The summed E-state index contributed by atoms with van der Waals surface area (Å²) in [6, 6.07) is 1.11. The topological polar surface area (TPSA) is 0 Å². The Labute approximate surface area is 64.8 Å². The summed E-state index contributed by atoms with van der Waals surface area (Å²) in [6.45, 7) is 8.35. The Kier molecular flexibility index (Phi) is 5.20. The normalized spacial score (nSPS) is 11.6. The van der Waals surface area contributed by atoms with Gasteiger partial charge in [-0.2, -0.15) is 11.1 Å². The molecule has 9 heavy (non-hydrogen) atoms. The van der Waals surface area contributed by atoms with Crippen LogP contribution in [-0.2, 0) is 0 Å². The Morgan fingerprint density at radius 2 is 2.22 bits per heavy atom. The number of rotatable bonds is 4. The van der Waals surface area contributed by atoms with Crippen LogP contribution in [0.1, 0.15) is 20.3 Å². The zero-order chi connectivity index (χ0) is 7.28. The monoisotopic (exact) mass is 162 g/mol. The van der Waals surface area contributed by atoms with Crippen LogP contribution in [0, 0.1) is 5.92 Å². The summed E-state index contributed by atoms with van der Waals surface area (Å²) in [5.74, 6) is 0.745. The van der Waals surface area contributed by atoms with E-state index in [0.717, 1.165) is 18.4 Å². The van der Waals surface area contributed by atoms with Gasteiger partial charge in [-0.05, 0) is 18.4 Å². The molecule has 0 heterocycles. The number of hydrogen-bond donors (Lipinski definition) is 0. The number of hydrogen-bond acceptors (Lipinski definition) is 0. The fraction of sp³-hybridized carbons (Fsp3) is 0.714. The maximum Gasteiger partial charge on any atom is 0.129 e. The van der Waals surface area contributed by atoms with Gasteiger partial charge in [-0.1, -0.05) is 19.4 Å². The molecule has 0 aromatic heterocycles. The second-order valence-electron chi connectivity index (χ2n) is 2.79. The molecule has 0 aromatic rings. The smallest absolute Gasteiger partial charge is 0.129 e. The molecule has 0 aromatic carbocycles. The highest BCUT2D eigenvalue weighted by molar-refractivity contribution is 6.93. The van der Waals surface area contributed by atoms with Crippen molar-refractivity contribution in [1.82, 2.24) is 0 Å². The Morgan fingerprint density at radius 1 is 1.67 bits per heavy atom. The largest absolute Gasteiger partial charge is 0.176 e. The molecule has 0 saturated carbocycles. The van der Waals surface area contributed by atoms with Gasteiger partial charge in [-0.3, -0.25) is 0 Å². The molecule has 0 amide bonds. The maximum atomic E-state index is 5.66. The van der Waals surface area contributed by atoms with E-state index < -0.39 is 0 Å². The number of halogens is 1. The summed E-state index contributed by atoms with van der Waals surface area (Å²) in [5.41, 5.74) is 1.34. The molecule has 0 rings (SSSR count). The summed E-state index contributed by atoms with van der Waals surface area (Å²) in [5, 5.41) is 0. The third-order valence-electron chi connectivity index (χ3n) is 1.14. The van der Waals surface area contributed by atoms with E-state index in [1.54, 1.807) is 0 Å². The van der Waals surface area contributed by atoms with Crippen molar-refractivity contribution in [3.63, 3.8) is 0 Å². The third-order valence-corrected chi connectivity index (χ3v) is 2.61. The highest BCUT2D eigenvalue weighted by Gasteiger charge is 1.96. The van der Waals surface area contributed by atoms with Crippen molar-refractivity contribution in [1.29, 1.82) is 0 Å². The van der Waals surface area contributed by atoms with Crippen LogP contribution >= 0.6 is 11.1 Å². The number of allylic oxidation sites excluding steroid dienone is 1. The summed E-state index contributed by atoms with van der Waals surface area (Å²) >= 11 is 5.66. The standard InChI is InChI=1S/C7H15ClSi/c1-6(2)4-7(3)5-9-8/h6H,3-5,9H2,1-2H3. The van der Waals surface area contributed by atoms with Crippen LogP contribution in [0.25, 0.3) is 0 Å². The molecule has 0 spiro atoms. The third kappa shape index (κ3) is 6.13. The lowest BCUT2D eigenvalue weighted by Gasteiger charge is -2.04. The van der Waals surface area contributed by atoms with Crippen LogP contribution in [0.5, 0.6) is 0 Å². The molecular formula is C7H15ClSi. The van der Waals surface area contributed by atoms with Crippen LogP contribution in [0.3, 0.4) is 0 Å². The van der Waals surface area contributed by atoms with Crippen LogP contribution < -0.4 is 0 Å².